The molecule has 0 spiro atoms. The number of halogens is 1. The minimum atomic E-state index is -0.232. The molecule has 0 rings (SSSR count). The number of carbonyl (C=O) groups excluding carboxylic acids is 1. The van der Waals surface area contributed by atoms with Crippen molar-refractivity contribution in [1.29, 1.82) is 0 Å². The van der Waals surface area contributed by atoms with E-state index >= 15 is 0 Å². The fourth-order valence-electron chi connectivity index (χ4n) is 0.261. The van der Waals surface area contributed by atoms with Gasteiger partial charge in [0.2, 0.25) is 0 Å². The number of carbonyl (C=O) groups is 1. The third-order valence-corrected chi connectivity index (χ3v) is 1.22. The molecule has 2 nitrogen and oxygen atoms in total. The van der Waals surface area contributed by atoms with Gasteiger partial charge in [-0.05, 0) is 6.92 Å². The summed E-state index contributed by atoms with van der Waals surface area (Å²) in [6.07, 6.45) is 0. The van der Waals surface area contributed by atoms with Gasteiger partial charge in [-0.3, -0.25) is 4.79 Å². The van der Waals surface area contributed by atoms with Gasteiger partial charge in [-0.15, -0.1) is 0 Å². The van der Waals surface area contributed by atoms with Crippen molar-refractivity contribution in [3.05, 3.63) is 0 Å². The van der Waals surface area contributed by atoms with Gasteiger partial charge in [-0.1, -0.05) is 15.9 Å². The van der Waals surface area contributed by atoms with Crippen LogP contribution >= 0.6 is 28.6 Å². The predicted molar refractivity (Wildman–Crippen MR) is 43.2 cm³/mol. The number of alkyl halides is 1. The number of thiol groups is 1. The lowest BCUT2D eigenvalue weighted by Crippen LogP contribution is -2.14. The van der Waals surface area contributed by atoms with Crippen molar-refractivity contribution >= 4 is 34.5 Å². The number of esters is 1. The van der Waals surface area contributed by atoms with Crippen molar-refractivity contribution < 1.29 is 9.53 Å². The Kier molecular flexibility index (Phi) is 5.28. The fraction of sp³-hybridized carbons (Fsp3) is 0.800. The first-order valence-electron chi connectivity index (χ1n) is 2.60. The Morgan fingerprint density at radius 2 is 2.44 bits per heavy atom. The molecule has 9 heavy (non-hydrogen) atoms. The van der Waals surface area contributed by atoms with Crippen LogP contribution in [0, 0.1) is 0 Å². The molecule has 54 valence electrons. The number of hydrogen-bond acceptors (Lipinski definition) is 3. The lowest BCUT2D eigenvalue weighted by atomic mass is 10.5. The Labute approximate surface area is 68.5 Å². The molecule has 4 heteroatoms. The van der Waals surface area contributed by atoms with E-state index in [-0.39, 0.29) is 10.8 Å². The summed E-state index contributed by atoms with van der Waals surface area (Å²) in [5.41, 5.74) is 0. The van der Waals surface area contributed by atoms with Crippen LogP contribution in [0.3, 0.4) is 0 Å². The van der Waals surface area contributed by atoms with Crippen molar-refractivity contribution in [2.75, 3.05) is 12.4 Å². The Balaban J connectivity index is 3.28. The molecule has 0 bridgehead atoms. The molecule has 0 saturated carbocycles. The number of rotatable bonds is 3. The molecule has 0 aromatic heterocycles. The van der Waals surface area contributed by atoms with Crippen molar-refractivity contribution in [2.24, 2.45) is 0 Å². The molecular formula is C5H9BrO2S. The summed E-state index contributed by atoms with van der Waals surface area (Å²) < 4.78 is 4.69. The largest absolute Gasteiger partial charge is 0.464 e. The highest BCUT2D eigenvalue weighted by molar-refractivity contribution is 9.10. The second kappa shape index (κ2) is 5.11. The summed E-state index contributed by atoms with van der Waals surface area (Å²) >= 11 is 6.94. The lowest BCUT2D eigenvalue weighted by Gasteiger charge is -2.02. The topological polar surface area (TPSA) is 26.3 Å². The third-order valence-electron chi connectivity index (χ3n) is 0.660. The average molecular weight is 213 g/mol. The summed E-state index contributed by atoms with van der Waals surface area (Å²) in [6.45, 7) is 2.11. The van der Waals surface area contributed by atoms with Crippen LogP contribution in [0.5, 0.6) is 0 Å². The molecule has 0 saturated heterocycles. The summed E-state index contributed by atoms with van der Waals surface area (Å²) in [5, 5.41) is 0. The summed E-state index contributed by atoms with van der Waals surface area (Å²) in [4.78, 5) is 10.4. The van der Waals surface area contributed by atoms with Crippen LogP contribution in [0.4, 0.5) is 0 Å². The van der Waals surface area contributed by atoms with Crippen molar-refractivity contribution in [1.82, 2.24) is 0 Å². The van der Waals surface area contributed by atoms with Crippen molar-refractivity contribution in [3.8, 4) is 0 Å². The van der Waals surface area contributed by atoms with Crippen LogP contribution < -0.4 is 0 Å². The van der Waals surface area contributed by atoms with Crippen LogP contribution in [0.1, 0.15) is 6.92 Å². The quantitative estimate of drug-likeness (QED) is 0.433. The van der Waals surface area contributed by atoms with E-state index in [0.717, 1.165) is 0 Å². The van der Waals surface area contributed by atoms with E-state index in [1.54, 1.807) is 6.92 Å². The van der Waals surface area contributed by atoms with E-state index in [9.17, 15) is 4.79 Å². The highest BCUT2D eigenvalue weighted by Crippen LogP contribution is 1.99. The maximum Gasteiger partial charge on any atom is 0.319 e. The first kappa shape index (κ1) is 9.30. The van der Waals surface area contributed by atoms with E-state index in [1.165, 1.54) is 0 Å². The lowest BCUT2D eigenvalue weighted by molar-refractivity contribution is -0.141. The SMILES string of the molecule is CC(Br)C(=O)OCCS. The van der Waals surface area contributed by atoms with Crippen LogP contribution in [0.15, 0.2) is 0 Å². The molecule has 0 aliphatic carbocycles. The minimum absolute atomic E-state index is 0.211. The Morgan fingerprint density at radius 1 is 1.89 bits per heavy atom. The monoisotopic (exact) mass is 212 g/mol. The zero-order valence-electron chi connectivity index (χ0n) is 5.13. The summed E-state index contributed by atoms with van der Waals surface area (Å²) in [7, 11) is 0. The van der Waals surface area contributed by atoms with Gasteiger partial charge in [-0.25, -0.2) is 0 Å². The second-order valence-electron chi connectivity index (χ2n) is 1.51. The molecule has 0 aromatic carbocycles. The predicted octanol–water partition coefficient (Wildman–Crippen LogP) is 1.24. The molecular weight excluding hydrogens is 204 g/mol. The molecule has 0 aliphatic rings. The van der Waals surface area contributed by atoms with E-state index in [0.29, 0.717) is 12.4 Å². The van der Waals surface area contributed by atoms with Crippen LogP contribution in [-0.4, -0.2) is 23.2 Å². The summed E-state index contributed by atoms with van der Waals surface area (Å²) in [6, 6.07) is 0. The van der Waals surface area contributed by atoms with E-state index in [4.69, 9.17) is 4.74 Å². The van der Waals surface area contributed by atoms with E-state index in [2.05, 4.69) is 28.6 Å². The maximum atomic E-state index is 10.6. The minimum Gasteiger partial charge on any atom is -0.464 e. The van der Waals surface area contributed by atoms with Gasteiger partial charge in [0.1, 0.15) is 11.4 Å². The maximum absolute atomic E-state index is 10.6. The van der Waals surface area contributed by atoms with Gasteiger partial charge in [-0.2, -0.15) is 12.6 Å². The van der Waals surface area contributed by atoms with Gasteiger partial charge in [0.05, 0.1) is 0 Å². The molecule has 0 N–H and O–H groups in total. The summed E-state index contributed by atoms with van der Waals surface area (Å²) in [5.74, 6) is 0.343. The number of hydrogen-bond donors (Lipinski definition) is 1. The number of ether oxygens (including phenoxy) is 1. The van der Waals surface area contributed by atoms with Gasteiger partial charge >= 0.3 is 5.97 Å². The van der Waals surface area contributed by atoms with Crippen LogP contribution in [0.2, 0.25) is 0 Å². The van der Waals surface area contributed by atoms with Gasteiger partial charge < -0.3 is 4.74 Å². The van der Waals surface area contributed by atoms with Crippen LogP contribution in [-0.2, 0) is 9.53 Å². The van der Waals surface area contributed by atoms with Gasteiger partial charge in [0, 0.05) is 5.75 Å². The van der Waals surface area contributed by atoms with Gasteiger partial charge in [0.25, 0.3) is 0 Å². The van der Waals surface area contributed by atoms with Gasteiger partial charge in [0.15, 0.2) is 0 Å². The molecule has 1 unspecified atom stereocenters. The first-order chi connectivity index (χ1) is 4.18. The zero-order chi connectivity index (χ0) is 7.28. The Hall–Kier alpha value is 0.300. The zero-order valence-corrected chi connectivity index (χ0v) is 7.61. The fourth-order valence-corrected chi connectivity index (χ4v) is 0.485. The Bertz CT molecular complexity index is 95.0. The smallest absolute Gasteiger partial charge is 0.319 e. The molecule has 0 aliphatic heterocycles. The molecule has 0 amide bonds. The molecule has 0 radical (unpaired) electrons. The Morgan fingerprint density at radius 3 is 2.78 bits per heavy atom. The van der Waals surface area contributed by atoms with Crippen molar-refractivity contribution in [3.63, 3.8) is 0 Å². The second-order valence-corrected chi connectivity index (χ2v) is 3.33. The average Bonchev–Trinajstić information content (AvgIpc) is 1.82. The highest BCUT2D eigenvalue weighted by atomic mass is 79.9. The van der Waals surface area contributed by atoms with Crippen molar-refractivity contribution in [2.45, 2.75) is 11.8 Å². The first-order valence-corrected chi connectivity index (χ1v) is 4.15. The molecule has 0 aromatic rings. The third kappa shape index (κ3) is 4.78. The van der Waals surface area contributed by atoms with E-state index < -0.39 is 0 Å². The van der Waals surface area contributed by atoms with Crippen LogP contribution in [0.25, 0.3) is 0 Å². The molecule has 0 heterocycles. The molecule has 1 atom stereocenters. The molecule has 0 fully saturated rings. The highest BCUT2D eigenvalue weighted by Gasteiger charge is 2.07. The van der Waals surface area contributed by atoms with E-state index in [1.807, 2.05) is 0 Å². The normalized spacial score (nSPS) is 12.8. The standard InChI is InChI=1S/C5H9BrO2S/c1-4(6)5(7)8-2-3-9/h4,9H,2-3H2,1H3.